The third-order valence-corrected chi connectivity index (χ3v) is 2.82. The molecule has 108 valence electrons. The first-order chi connectivity index (χ1) is 9.13. The highest BCUT2D eigenvalue weighted by atomic mass is 16.5. The first-order valence-corrected chi connectivity index (χ1v) is 7.25. The Morgan fingerprint density at radius 2 is 1.79 bits per heavy atom. The molecule has 0 aromatic heterocycles. The first kappa shape index (κ1) is 15.8. The third kappa shape index (κ3) is 6.48. The molecule has 0 aliphatic rings. The highest BCUT2D eigenvalue weighted by Crippen LogP contribution is 2.27. The fourth-order valence-corrected chi connectivity index (χ4v) is 1.88. The molecule has 1 aromatic carbocycles. The lowest BCUT2D eigenvalue weighted by molar-refractivity contribution is 0.194. The van der Waals surface area contributed by atoms with Gasteiger partial charge in [0.2, 0.25) is 0 Å². The van der Waals surface area contributed by atoms with E-state index in [0.29, 0.717) is 12.6 Å². The predicted octanol–water partition coefficient (Wildman–Crippen LogP) is 3.63. The van der Waals surface area contributed by atoms with Gasteiger partial charge in [0.05, 0.1) is 12.7 Å². The van der Waals surface area contributed by atoms with Crippen LogP contribution in [0.3, 0.4) is 0 Å². The van der Waals surface area contributed by atoms with Crippen LogP contribution >= 0.6 is 0 Å². The summed E-state index contributed by atoms with van der Waals surface area (Å²) in [6.45, 7) is 10.1. The molecule has 19 heavy (non-hydrogen) atoms. The van der Waals surface area contributed by atoms with Gasteiger partial charge in [-0.15, -0.1) is 0 Å². The average Bonchev–Trinajstić information content (AvgIpc) is 2.37. The highest BCUT2D eigenvalue weighted by Gasteiger charge is 2.08. The Balaban J connectivity index is 2.37. The molecule has 1 atom stereocenters. The largest absolute Gasteiger partial charge is 0.490 e. The molecule has 0 heterocycles. The normalized spacial score (nSPS) is 12.5. The second-order valence-corrected chi connectivity index (χ2v) is 5.06. The summed E-state index contributed by atoms with van der Waals surface area (Å²) in [5.41, 5.74) is 0. The number of hydrogen-bond acceptors (Lipinski definition) is 3. The molecule has 1 N–H and O–H groups in total. The smallest absolute Gasteiger partial charge is 0.161 e. The van der Waals surface area contributed by atoms with Crippen LogP contribution in [0.1, 0.15) is 40.5 Å². The molecule has 0 spiro atoms. The number of para-hydroxylation sites is 2. The van der Waals surface area contributed by atoms with Crippen LogP contribution in [0.25, 0.3) is 0 Å². The Bertz CT molecular complexity index is 352. The second-order valence-electron chi connectivity index (χ2n) is 5.06. The Morgan fingerprint density at radius 1 is 1.11 bits per heavy atom. The van der Waals surface area contributed by atoms with E-state index in [2.05, 4.69) is 26.1 Å². The average molecular weight is 265 g/mol. The number of hydrogen-bond donors (Lipinski definition) is 1. The van der Waals surface area contributed by atoms with E-state index < -0.39 is 0 Å². The SMILES string of the molecule is CCOc1ccccc1OC(C)CCCNC(C)C. The van der Waals surface area contributed by atoms with Crippen LogP contribution in [0.2, 0.25) is 0 Å². The molecule has 0 saturated carbocycles. The minimum atomic E-state index is 0.204. The van der Waals surface area contributed by atoms with E-state index in [4.69, 9.17) is 9.47 Å². The van der Waals surface area contributed by atoms with Gasteiger partial charge < -0.3 is 14.8 Å². The lowest BCUT2D eigenvalue weighted by Crippen LogP contribution is -2.25. The molecule has 1 aromatic rings. The number of nitrogens with one attached hydrogen (secondary N) is 1. The molecule has 0 aliphatic heterocycles. The quantitative estimate of drug-likeness (QED) is 0.692. The molecule has 3 nitrogen and oxygen atoms in total. The molecule has 0 fully saturated rings. The Labute approximate surface area is 117 Å². The van der Waals surface area contributed by atoms with Gasteiger partial charge in [-0.3, -0.25) is 0 Å². The summed E-state index contributed by atoms with van der Waals surface area (Å²) < 4.78 is 11.5. The topological polar surface area (TPSA) is 30.5 Å². The monoisotopic (exact) mass is 265 g/mol. The molecule has 1 rings (SSSR count). The summed E-state index contributed by atoms with van der Waals surface area (Å²) in [5.74, 6) is 1.67. The minimum Gasteiger partial charge on any atom is -0.490 e. The molecular weight excluding hydrogens is 238 g/mol. The molecule has 0 saturated heterocycles. The van der Waals surface area contributed by atoms with Crippen molar-refractivity contribution < 1.29 is 9.47 Å². The molecule has 1 unspecified atom stereocenters. The van der Waals surface area contributed by atoms with Crippen LogP contribution in [0, 0.1) is 0 Å². The van der Waals surface area contributed by atoms with Crippen molar-refractivity contribution >= 4 is 0 Å². The Hall–Kier alpha value is -1.22. The van der Waals surface area contributed by atoms with Crippen molar-refractivity contribution in [3.8, 4) is 11.5 Å². The second kappa shape index (κ2) is 8.81. The van der Waals surface area contributed by atoms with Crippen LogP contribution in [-0.4, -0.2) is 25.3 Å². The predicted molar refractivity (Wildman–Crippen MR) is 80.1 cm³/mol. The van der Waals surface area contributed by atoms with Crippen molar-refractivity contribution in [1.29, 1.82) is 0 Å². The Morgan fingerprint density at radius 3 is 2.42 bits per heavy atom. The van der Waals surface area contributed by atoms with Gasteiger partial charge >= 0.3 is 0 Å². The van der Waals surface area contributed by atoms with Gasteiger partial charge in [0, 0.05) is 6.04 Å². The van der Waals surface area contributed by atoms with E-state index in [1.54, 1.807) is 0 Å². The van der Waals surface area contributed by atoms with Gasteiger partial charge in [-0.05, 0) is 45.4 Å². The van der Waals surface area contributed by atoms with Crippen LogP contribution < -0.4 is 14.8 Å². The number of ether oxygens (including phenoxy) is 2. The molecule has 0 radical (unpaired) electrons. The lowest BCUT2D eigenvalue weighted by atomic mass is 10.2. The van der Waals surface area contributed by atoms with Crippen molar-refractivity contribution in [2.45, 2.75) is 52.7 Å². The minimum absolute atomic E-state index is 0.204. The van der Waals surface area contributed by atoms with Crippen molar-refractivity contribution in [1.82, 2.24) is 5.32 Å². The number of rotatable bonds is 9. The maximum absolute atomic E-state index is 5.95. The van der Waals surface area contributed by atoms with Crippen molar-refractivity contribution in [3.63, 3.8) is 0 Å². The molecule has 0 bridgehead atoms. The van der Waals surface area contributed by atoms with Gasteiger partial charge in [-0.1, -0.05) is 26.0 Å². The molecule has 0 amide bonds. The van der Waals surface area contributed by atoms with Crippen molar-refractivity contribution in [2.24, 2.45) is 0 Å². The summed E-state index contributed by atoms with van der Waals surface area (Å²) in [6.07, 6.45) is 2.37. The molecular formula is C16H27NO2. The maximum Gasteiger partial charge on any atom is 0.161 e. The summed E-state index contributed by atoms with van der Waals surface area (Å²) in [4.78, 5) is 0. The first-order valence-electron chi connectivity index (χ1n) is 7.25. The summed E-state index contributed by atoms with van der Waals surface area (Å²) in [6, 6.07) is 8.41. The van der Waals surface area contributed by atoms with E-state index in [0.717, 1.165) is 30.9 Å². The van der Waals surface area contributed by atoms with Gasteiger partial charge in [-0.25, -0.2) is 0 Å². The van der Waals surface area contributed by atoms with Gasteiger partial charge in [-0.2, -0.15) is 0 Å². The van der Waals surface area contributed by atoms with Crippen LogP contribution in [0.4, 0.5) is 0 Å². The van der Waals surface area contributed by atoms with E-state index in [1.165, 1.54) is 0 Å². The molecule has 3 heteroatoms. The molecule has 0 aliphatic carbocycles. The lowest BCUT2D eigenvalue weighted by Gasteiger charge is -2.17. The number of benzene rings is 1. The van der Waals surface area contributed by atoms with E-state index in [-0.39, 0.29) is 6.10 Å². The van der Waals surface area contributed by atoms with Crippen molar-refractivity contribution in [3.05, 3.63) is 24.3 Å². The summed E-state index contributed by atoms with van der Waals surface area (Å²) in [7, 11) is 0. The fourth-order valence-electron chi connectivity index (χ4n) is 1.88. The van der Waals surface area contributed by atoms with Gasteiger partial charge in [0.15, 0.2) is 11.5 Å². The van der Waals surface area contributed by atoms with Gasteiger partial charge in [0.25, 0.3) is 0 Å². The zero-order valence-corrected chi connectivity index (χ0v) is 12.6. The van der Waals surface area contributed by atoms with Gasteiger partial charge in [0.1, 0.15) is 0 Å². The van der Waals surface area contributed by atoms with Crippen LogP contribution in [0.15, 0.2) is 24.3 Å². The zero-order valence-electron chi connectivity index (χ0n) is 12.6. The Kier molecular flexibility index (Phi) is 7.34. The van der Waals surface area contributed by atoms with Crippen LogP contribution in [0.5, 0.6) is 11.5 Å². The van der Waals surface area contributed by atoms with E-state index in [1.807, 2.05) is 31.2 Å². The zero-order chi connectivity index (χ0) is 14.1. The van der Waals surface area contributed by atoms with Crippen molar-refractivity contribution in [2.75, 3.05) is 13.2 Å². The standard InChI is InChI=1S/C16H27NO2/c1-5-18-15-10-6-7-11-16(15)19-14(4)9-8-12-17-13(2)3/h6-7,10-11,13-14,17H,5,8-9,12H2,1-4H3. The summed E-state index contributed by atoms with van der Waals surface area (Å²) >= 11 is 0. The van der Waals surface area contributed by atoms with E-state index >= 15 is 0 Å². The highest BCUT2D eigenvalue weighted by molar-refractivity contribution is 5.39. The van der Waals surface area contributed by atoms with Crippen LogP contribution in [-0.2, 0) is 0 Å². The summed E-state index contributed by atoms with van der Waals surface area (Å²) in [5, 5.41) is 3.42. The fraction of sp³-hybridized carbons (Fsp3) is 0.625. The third-order valence-electron chi connectivity index (χ3n) is 2.82. The van der Waals surface area contributed by atoms with E-state index in [9.17, 15) is 0 Å². The maximum atomic E-state index is 5.95.